The minimum absolute atomic E-state index is 0.234. The van der Waals surface area contributed by atoms with Crippen LogP contribution < -0.4 is 15.4 Å². The number of hydrogen-bond acceptors (Lipinski definition) is 3. The van der Waals surface area contributed by atoms with Crippen molar-refractivity contribution in [2.24, 2.45) is 5.92 Å². The van der Waals surface area contributed by atoms with Gasteiger partial charge in [-0.3, -0.25) is 0 Å². The maximum Gasteiger partial charge on any atom is 0.387 e. The van der Waals surface area contributed by atoms with E-state index >= 15 is 0 Å². The van der Waals surface area contributed by atoms with Gasteiger partial charge in [-0.15, -0.1) is 0 Å². The normalized spacial score (nSPS) is 29.0. The molecule has 116 valence electrons. The first-order valence-corrected chi connectivity index (χ1v) is 7.78. The second kappa shape index (κ2) is 6.60. The van der Waals surface area contributed by atoms with Gasteiger partial charge in [-0.25, -0.2) is 0 Å². The third-order valence-electron chi connectivity index (χ3n) is 4.63. The Labute approximate surface area is 124 Å². The number of hydrogen-bond donors (Lipinski definition) is 2. The monoisotopic (exact) mass is 296 g/mol. The van der Waals surface area contributed by atoms with Gasteiger partial charge in [0, 0.05) is 12.1 Å². The molecule has 1 heterocycles. The van der Waals surface area contributed by atoms with Gasteiger partial charge < -0.3 is 15.4 Å². The summed E-state index contributed by atoms with van der Waals surface area (Å²) in [7, 11) is 0. The molecule has 2 N–H and O–H groups in total. The molecule has 1 saturated carbocycles. The fourth-order valence-electron chi connectivity index (χ4n) is 3.71. The van der Waals surface area contributed by atoms with Crippen LogP contribution in [0.1, 0.15) is 32.1 Å². The number of rotatable bonds is 5. The standard InChI is InChI=1S/C16H22F2N2O/c17-16(18)21-15-9-2-1-6-14(15)20-13-7-3-5-11(13)12-8-4-10-19-12/h1-2,6,9,11-13,16,19-20H,3-5,7-8,10H2. The molecule has 0 radical (unpaired) electrons. The van der Waals surface area contributed by atoms with Gasteiger partial charge in [0.2, 0.25) is 0 Å². The summed E-state index contributed by atoms with van der Waals surface area (Å²) in [5, 5.41) is 7.01. The molecule has 1 aromatic rings. The molecule has 0 spiro atoms. The van der Waals surface area contributed by atoms with Gasteiger partial charge in [0.15, 0.2) is 0 Å². The summed E-state index contributed by atoms with van der Waals surface area (Å²) in [5.74, 6) is 0.810. The minimum atomic E-state index is -2.79. The molecule has 3 unspecified atom stereocenters. The van der Waals surface area contributed by atoms with Gasteiger partial charge in [-0.1, -0.05) is 18.6 Å². The van der Waals surface area contributed by atoms with E-state index in [0.717, 1.165) is 13.0 Å². The summed E-state index contributed by atoms with van der Waals surface area (Å²) in [6, 6.07) is 7.86. The van der Waals surface area contributed by atoms with Crippen molar-refractivity contribution in [1.29, 1.82) is 0 Å². The minimum Gasteiger partial charge on any atom is -0.433 e. The third kappa shape index (κ3) is 3.46. The molecule has 2 aliphatic rings. The van der Waals surface area contributed by atoms with E-state index in [0.29, 0.717) is 23.7 Å². The summed E-state index contributed by atoms with van der Waals surface area (Å²) in [4.78, 5) is 0. The molecule has 1 aliphatic carbocycles. The molecule has 1 aliphatic heterocycles. The van der Waals surface area contributed by atoms with Crippen molar-refractivity contribution in [1.82, 2.24) is 5.32 Å². The Hall–Kier alpha value is -1.36. The highest BCUT2D eigenvalue weighted by Gasteiger charge is 2.35. The molecule has 3 nitrogen and oxygen atoms in total. The Morgan fingerprint density at radius 1 is 1.14 bits per heavy atom. The number of para-hydroxylation sites is 2. The van der Waals surface area contributed by atoms with Crippen molar-refractivity contribution >= 4 is 5.69 Å². The summed E-state index contributed by atoms with van der Waals surface area (Å²) < 4.78 is 29.6. The zero-order valence-corrected chi connectivity index (χ0v) is 12.0. The van der Waals surface area contributed by atoms with Crippen molar-refractivity contribution in [3.05, 3.63) is 24.3 Å². The number of alkyl halides is 2. The number of nitrogens with one attached hydrogen (secondary N) is 2. The van der Waals surface area contributed by atoms with Gasteiger partial charge in [0.1, 0.15) is 5.75 Å². The van der Waals surface area contributed by atoms with E-state index in [4.69, 9.17) is 0 Å². The second-order valence-electron chi connectivity index (χ2n) is 5.92. The highest BCUT2D eigenvalue weighted by molar-refractivity contribution is 5.57. The predicted molar refractivity (Wildman–Crippen MR) is 78.9 cm³/mol. The van der Waals surface area contributed by atoms with E-state index in [9.17, 15) is 8.78 Å². The van der Waals surface area contributed by atoms with Crippen LogP contribution in [0.5, 0.6) is 5.75 Å². The highest BCUT2D eigenvalue weighted by Crippen LogP contribution is 2.36. The van der Waals surface area contributed by atoms with Crippen LogP contribution in [0.3, 0.4) is 0 Å². The van der Waals surface area contributed by atoms with E-state index in [1.54, 1.807) is 12.1 Å². The average Bonchev–Trinajstić information content (AvgIpc) is 3.10. The molecule has 0 bridgehead atoms. The highest BCUT2D eigenvalue weighted by atomic mass is 19.3. The first-order valence-electron chi connectivity index (χ1n) is 7.78. The van der Waals surface area contributed by atoms with Crippen LogP contribution in [0.15, 0.2) is 24.3 Å². The smallest absolute Gasteiger partial charge is 0.387 e. The summed E-state index contributed by atoms with van der Waals surface area (Å²) >= 11 is 0. The lowest BCUT2D eigenvalue weighted by Crippen LogP contribution is -2.38. The lowest BCUT2D eigenvalue weighted by atomic mass is 9.93. The van der Waals surface area contributed by atoms with Crippen LogP contribution in [0.4, 0.5) is 14.5 Å². The molecule has 3 rings (SSSR count). The Kier molecular flexibility index (Phi) is 4.58. The van der Waals surface area contributed by atoms with Crippen LogP contribution in [0.25, 0.3) is 0 Å². The van der Waals surface area contributed by atoms with Gasteiger partial charge in [-0.05, 0) is 50.3 Å². The molecule has 3 atom stereocenters. The second-order valence-corrected chi connectivity index (χ2v) is 5.92. The average molecular weight is 296 g/mol. The van der Waals surface area contributed by atoms with Crippen molar-refractivity contribution in [2.45, 2.75) is 50.8 Å². The lowest BCUT2D eigenvalue weighted by Gasteiger charge is -2.28. The molecule has 2 fully saturated rings. The van der Waals surface area contributed by atoms with E-state index in [1.165, 1.54) is 25.7 Å². The molecular weight excluding hydrogens is 274 g/mol. The van der Waals surface area contributed by atoms with Crippen molar-refractivity contribution in [3.8, 4) is 5.75 Å². The van der Waals surface area contributed by atoms with Crippen LogP contribution >= 0.6 is 0 Å². The number of anilines is 1. The van der Waals surface area contributed by atoms with Crippen LogP contribution in [0, 0.1) is 5.92 Å². The van der Waals surface area contributed by atoms with E-state index < -0.39 is 6.61 Å². The van der Waals surface area contributed by atoms with Crippen molar-refractivity contribution < 1.29 is 13.5 Å². The molecule has 0 aromatic heterocycles. The number of halogens is 2. The van der Waals surface area contributed by atoms with E-state index in [1.807, 2.05) is 12.1 Å². The molecule has 21 heavy (non-hydrogen) atoms. The zero-order valence-electron chi connectivity index (χ0n) is 12.0. The van der Waals surface area contributed by atoms with Crippen molar-refractivity contribution in [3.63, 3.8) is 0 Å². The SMILES string of the molecule is FC(F)Oc1ccccc1NC1CCCC1C1CCCN1. The van der Waals surface area contributed by atoms with E-state index in [2.05, 4.69) is 15.4 Å². The van der Waals surface area contributed by atoms with E-state index in [-0.39, 0.29) is 5.75 Å². The Morgan fingerprint density at radius 3 is 2.76 bits per heavy atom. The van der Waals surface area contributed by atoms with Crippen LogP contribution in [-0.2, 0) is 0 Å². The molecule has 0 amide bonds. The van der Waals surface area contributed by atoms with Gasteiger partial charge in [-0.2, -0.15) is 8.78 Å². The predicted octanol–water partition coefficient (Wildman–Crippen LogP) is 3.62. The fourth-order valence-corrected chi connectivity index (χ4v) is 3.71. The maximum atomic E-state index is 12.5. The van der Waals surface area contributed by atoms with Gasteiger partial charge in [0.05, 0.1) is 5.69 Å². The topological polar surface area (TPSA) is 33.3 Å². The first-order chi connectivity index (χ1) is 10.2. The van der Waals surface area contributed by atoms with Crippen LogP contribution in [0.2, 0.25) is 0 Å². The molecule has 1 aromatic carbocycles. The van der Waals surface area contributed by atoms with Gasteiger partial charge >= 0.3 is 6.61 Å². The summed E-state index contributed by atoms with van der Waals surface area (Å²) in [5.41, 5.74) is 0.674. The Balaban J connectivity index is 1.70. The maximum absolute atomic E-state index is 12.5. The fraction of sp³-hybridized carbons (Fsp3) is 0.625. The van der Waals surface area contributed by atoms with Gasteiger partial charge in [0.25, 0.3) is 0 Å². The molecular formula is C16H22F2N2O. The Bertz CT molecular complexity index is 463. The summed E-state index contributed by atoms with van der Waals surface area (Å²) in [6.07, 6.45) is 5.94. The van der Waals surface area contributed by atoms with Crippen molar-refractivity contribution in [2.75, 3.05) is 11.9 Å². The largest absolute Gasteiger partial charge is 0.433 e. The molecule has 5 heteroatoms. The molecule has 1 saturated heterocycles. The third-order valence-corrected chi connectivity index (χ3v) is 4.63. The quantitative estimate of drug-likeness (QED) is 0.870. The lowest BCUT2D eigenvalue weighted by molar-refractivity contribution is -0.0494. The number of ether oxygens (including phenoxy) is 1. The Morgan fingerprint density at radius 2 is 2.00 bits per heavy atom. The number of benzene rings is 1. The zero-order chi connectivity index (χ0) is 14.7. The summed E-state index contributed by atoms with van der Waals surface area (Å²) in [6.45, 7) is -1.69. The van der Waals surface area contributed by atoms with Crippen LogP contribution in [-0.4, -0.2) is 25.2 Å². The first kappa shape index (κ1) is 14.6.